The number of hydrogen-bond acceptors (Lipinski definition) is 2. The highest BCUT2D eigenvalue weighted by atomic mass is 16.4. The van der Waals surface area contributed by atoms with Crippen molar-refractivity contribution in [2.24, 2.45) is 5.92 Å². The highest BCUT2D eigenvalue weighted by Gasteiger charge is 2.31. The van der Waals surface area contributed by atoms with E-state index in [-0.39, 0.29) is 0 Å². The lowest BCUT2D eigenvalue weighted by atomic mass is 10.1. The lowest BCUT2D eigenvalue weighted by molar-refractivity contribution is -0.137. The fourth-order valence-electron chi connectivity index (χ4n) is 1.45. The lowest BCUT2D eigenvalue weighted by Crippen LogP contribution is -2.30. The highest BCUT2D eigenvalue weighted by molar-refractivity contribution is 5.77. The van der Waals surface area contributed by atoms with Crippen molar-refractivity contribution in [3.05, 3.63) is 11.6 Å². The molecule has 1 atom stereocenters. The van der Waals surface area contributed by atoms with E-state index in [1.807, 2.05) is 6.08 Å². The molecule has 0 spiro atoms. The number of carbonyl (C=O) groups is 1. The second-order valence-electron chi connectivity index (χ2n) is 3.21. The molecule has 0 saturated heterocycles. The van der Waals surface area contributed by atoms with Gasteiger partial charge in [0, 0.05) is 6.54 Å². The largest absolute Gasteiger partial charge is 0.480 e. The maximum Gasteiger partial charge on any atom is 0.324 e. The molecular formula is C8H11NO2. The van der Waals surface area contributed by atoms with Crippen LogP contribution < -0.4 is 5.32 Å². The Bertz CT molecular complexity index is 218. The summed E-state index contributed by atoms with van der Waals surface area (Å²) in [7, 11) is 0. The molecule has 11 heavy (non-hydrogen) atoms. The Hall–Kier alpha value is -0.830. The van der Waals surface area contributed by atoms with Gasteiger partial charge in [0.1, 0.15) is 6.04 Å². The first kappa shape index (κ1) is 6.85. The quantitative estimate of drug-likeness (QED) is 0.564. The third-order valence-electron chi connectivity index (χ3n) is 2.27. The minimum absolute atomic E-state index is 0.425. The van der Waals surface area contributed by atoms with Crippen LogP contribution in [-0.2, 0) is 4.79 Å². The van der Waals surface area contributed by atoms with E-state index in [0.29, 0.717) is 5.92 Å². The van der Waals surface area contributed by atoms with Crippen LogP contribution in [0.4, 0.5) is 0 Å². The smallest absolute Gasteiger partial charge is 0.324 e. The van der Waals surface area contributed by atoms with Gasteiger partial charge in [-0.2, -0.15) is 0 Å². The van der Waals surface area contributed by atoms with Crippen LogP contribution in [-0.4, -0.2) is 23.7 Å². The fourth-order valence-corrected chi connectivity index (χ4v) is 1.45. The summed E-state index contributed by atoms with van der Waals surface area (Å²) in [5.41, 5.74) is 1.30. The summed E-state index contributed by atoms with van der Waals surface area (Å²) in [5.74, 6) is -0.0625. The van der Waals surface area contributed by atoms with Crippen LogP contribution in [0.25, 0.3) is 0 Å². The van der Waals surface area contributed by atoms with Gasteiger partial charge >= 0.3 is 5.97 Å². The van der Waals surface area contributed by atoms with Crippen LogP contribution in [0.5, 0.6) is 0 Å². The van der Waals surface area contributed by atoms with Crippen LogP contribution in [0.15, 0.2) is 11.6 Å². The first-order chi connectivity index (χ1) is 5.27. The van der Waals surface area contributed by atoms with Crippen molar-refractivity contribution in [3.8, 4) is 0 Å². The molecule has 0 amide bonds. The topological polar surface area (TPSA) is 49.3 Å². The first-order valence-corrected chi connectivity index (χ1v) is 3.94. The summed E-state index contributed by atoms with van der Waals surface area (Å²) < 4.78 is 0. The maximum atomic E-state index is 10.5. The number of aliphatic carboxylic acids is 1. The molecule has 1 aliphatic carbocycles. The Morgan fingerprint density at radius 3 is 2.82 bits per heavy atom. The molecule has 0 aromatic heterocycles. The van der Waals surface area contributed by atoms with Crippen molar-refractivity contribution in [1.29, 1.82) is 0 Å². The van der Waals surface area contributed by atoms with Gasteiger partial charge in [0.25, 0.3) is 0 Å². The van der Waals surface area contributed by atoms with Crippen molar-refractivity contribution in [2.75, 3.05) is 6.54 Å². The Labute approximate surface area is 65.1 Å². The third kappa shape index (κ3) is 1.28. The van der Waals surface area contributed by atoms with Gasteiger partial charge in [0.15, 0.2) is 0 Å². The van der Waals surface area contributed by atoms with Crippen molar-refractivity contribution >= 4 is 5.97 Å². The van der Waals surface area contributed by atoms with E-state index in [2.05, 4.69) is 5.32 Å². The number of nitrogens with one attached hydrogen (secondary N) is 1. The second kappa shape index (κ2) is 2.34. The Morgan fingerprint density at radius 1 is 1.64 bits per heavy atom. The van der Waals surface area contributed by atoms with Crippen molar-refractivity contribution in [1.82, 2.24) is 5.32 Å². The van der Waals surface area contributed by atoms with Crippen LogP contribution in [0.2, 0.25) is 0 Å². The molecule has 1 aliphatic heterocycles. The number of rotatable bonds is 2. The second-order valence-corrected chi connectivity index (χ2v) is 3.21. The Balaban J connectivity index is 2.03. The molecule has 3 nitrogen and oxygen atoms in total. The van der Waals surface area contributed by atoms with Gasteiger partial charge in [-0.3, -0.25) is 10.1 Å². The van der Waals surface area contributed by atoms with Crippen LogP contribution >= 0.6 is 0 Å². The molecule has 0 unspecified atom stereocenters. The van der Waals surface area contributed by atoms with E-state index in [9.17, 15) is 4.79 Å². The van der Waals surface area contributed by atoms with Gasteiger partial charge in [0.05, 0.1) is 0 Å². The summed E-state index contributed by atoms with van der Waals surface area (Å²) in [6.07, 6.45) is 4.36. The number of hydrogen-bond donors (Lipinski definition) is 2. The monoisotopic (exact) mass is 153 g/mol. The molecule has 1 saturated carbocycles. The summed E-state index contributed by atoms with van der Waals surface area (Å²) in [4.78, 5) is 10.5. The zero-order valence-corrected chi connectivity index (χ0v) is 6.21. The molecule has 2 N–H and O–H groups in total. The van der Waals surface area contributed by atoms with Crippen molar-refractivity contribution in [2.45, 2.75) is 18.9 Å². The molecule has 0 radical (unpaired) electrons. The lowest BCUT2D eigenvalue weighted by Gasteiger charge is -1.98. The van der Waals surface area contributed by atoms with Crippen LogP contribution in [0.1, 0.15) is 12.8 Å². The summed E-state index contributed by atoms with van der Waals surface area (Å²) >= 11 is 0. The number of carboxylic acid groups (broad SMARTS) is 1. The highest BCUT2D eigenvalue weighted by Crippen LogP contribution is 2.37. The average molecular weight is 153 g/mol. The van der Waals surface area contributed by atoms with Gasteiger partial charge in [-0.05, 0) is 18.8 Å². The van der Waals surface area contributed by atoms with Gasteiger partial charge in [-0.15, -0.1) is 0 Å². The molecule has 0 aromatic carbocycles. The van der Waals surface area contributed by atoms with Crippen molar-refractivity contribution < 1.29 is 9.90 Å². The first-order valence-electron chi connectivity index (χ1n) is 3.94. The minimum Gasteiger partial charge on any atom is -0.480 e. The predicted molar refractivity (Wildman–Crippen MR) is 40.2 cm³/mol. The molecule has 0 aromatic rings. The zero-order valence-electron chi connectivity index (χ0n) is 6.21. The van der Waals surface area contributed by atoms with Crippen LogP contribution in [0, 0.1) is 5.92 Å². The minimum atomic E-state index is -0.763. The molecule has 3 heteroatoms. The summed E-state index contributed by atoms with van der Waals surface area (Å²) in [6, 6.07) is -0.425. The normalized spacial score (nSPS) is 30.2. The van der Waals surface area contributed by atoms with E-state index in [1.165, 1.54) is 18.4 Å². The SMILES string of the molecule is O=C(O)[C@@H]1C=C(C2CC2)CN1. The van der Waals surface area contributed by atoms with E-state index in [4.69, 9.17) is 5.11 Å². The molecular weight excluding hydrogens is 142 g/mol. The van der Waals surface area contributed by atoms with Crippen LogP contribution in [0.3, 0.4) is 0 Å². The summed E-state index contributed by atoms with van der Waals surface area (Å²) in [5, 5.41) is 11.6. The predicted octanol–water partition coefficient (Wildman–Crippen LogP) is 0.379. The molecule has 60 valence electrons. The molecule has 1 fully saturated rings. The average Bonchev–Trinajstić information content (AvgIpc) is 2.68. The maximum absolute atomic E-state index is 10.5. The fraction of sp³-hybridized carbons (Fsp3) is 0.625. The molecule has 2 rings (SSSR count). The Morgan fingerprint density at radius 2 is 2.36 bits per heavy atom. The molecule has 2 aliphatic rings. The molecule has 1 heterocycles. The Kier molecular flexibility index (Phi) is 1.46. The number of carboxylic acids is 1. The van der Waals surface area contributed by atoms with Gasteiger partial charge < -0.3 is 5.11 Å². The van der Waals surface area contributed by atoms with Gasteiger partial charge in [0.2, 0.25) is 0 Å². The molecule has 0 bridgehead atoms. The third-order valence-corrected chi connectivity index (χ3v) is 2.27. The van der Waals surface area contributed by atoms with E-state index >= 15 is 0 Å². The van der Waals surface area contributed by atoms with Gasteiger partial charge in [-0.1, -0.05) is 11.6 Å². The van der Waals surface area contributed by atoms with E-state index in [1.54, 1.807) is 0 Å². The summed E-state index contributed by atoms with van der Waals surface area (Å²) in [6.45, 7) is 0.779. The van der Waals surface area contributed by atoms with E-state index < -0.39 is 12.0 Å². The zero-order chi connectivity index (χ0) is 7.84. The standard InChI is InChI=1S/C8H11NO2/c10-8(11)7-3-6(4-9-7)5-1-2-5/h3,5,7,9H,1-2,4H2,(H,10,11)/t7-/m0/s1. The van der Waals surface area contributed by atoms with Crippen molar-refractivity contribution in [3.63, 3.8) is 0 Å². The van der Waals surface area contributed by atoms with E-state index in [0.717, 1.165) is 6.54 Å². The van der Waals surface area contributed by atoms with Gasteiger partial charge in [-0.25, -0.2) is 0 Å².